The third kappa shape index (κ3) is 3.95. The van der Waals surface area contributed by atoms with E-state index in [2.05, 4.69) is 56.3 Å². The van der Waals surface area contributed by atoms with Crippen LogP contribution in [0.5, 0.6) is 0 Å². The standard InChI is InChI=1S/C20H18N4S/c1-2-4-18(5-3-1)19-13-23-20(25-19)22-12-16-6-8-17(9-7-16)14-24-11-10-21-15-24/h1-11,13,15H,12,14H2,(H,22,23). The molecule has 2 aromatic heterocycles. The van der Waals surface area contributed by atoms with E-state index >= 15 is 0 Å². The third-order valence-electron chi connectivity index (χ3n) is 3.96. The molecule has 4 nitrogen and oxygen atoms in total. The Hall–Kier alpha value is -2.92. The SMILES string of the molecule is c1ccc(-c2cnc(NCc3ccc(Cn4ccnc4)cc3)s2)cc1. The Bertz CT molecular complexity index is 912. The molecule has 0 amide bonds. The summed E-state index contributed by atoms with van der Waals surface area (Å²) in [5, 5.41) is 4.35. The lowest BCUT2D eigenvalue weighted by molar-refractivity contribution is 0.797. The molecule has 2 aromatic carbocycles. The van der Waals surface area contributed by atoms with Crippen LogP contribution < -0.4 is 5.32 Å². The highest BCUT2D eigenvalue weighted by molar-refractivity contribution is 7.18. The van der Waals surface area contributed by atoms with Crippen molar-refractivity contribution in [1.82, 2.24) is 14.5 Å². The number of thiazole rings is 1. The van der Waals surface area contributed by atoms with E-state index in [9.17, 15) is 0 Å². The first kappa shape index (κ1) is 15.6. The highest BCUT2D eigenvalue weighted by Gasteiger charge is 2.04. The maximum Gasteiger partial charge on any atom is 0.183 e. The van der Waals surface area contributed by atoms with Gasteiger partial charge in [-0.3, -0.25) is 0 Å². The van der Waals surface area contributed by atoms with E-state index < -0.39 is 0 Å². The second kappa shape index (κ2) is 7.32. The normalized spacial score (nSPS) is 10.7. The van der Waals surface area contributed by atoms with Crippen molar-refractivity contribution in [2.75, 3.05) is 5.32 Å². The van der Waals surface area contributed by atoms with Crippen LogP contribution in [0.2, 0.25) is 0 Å². The van der Waals surface area contributed by atoms with Gasteiger partial charge in [0.05, 0.1) is 11.2 Å². The fraction of sp³-hybridized carbons (Fsp3) is 0.100. The van der Waals surface area contributed by atoms with E-state index in [0.29, 0.717) is 0 Å². The average molecular weight is 346 g/mol. The van der Waals surface area contributed by atoms with Gasteiger partial charge in [-0.25, -0.2) is 9.97 Å². The van der Waals surface area contributed by atoms with Crippen LogP contribution in [-0.2, 0) is 13.1 Å². The van der Waals surface area contributed by atoms with Gasteiger partial charge in [-0.05, 0) is 16.7 Å². The summed E-state index contributed by atoms with van der Waals surface area (Å²) in [4.78, 5) is 9.72. The lowest BCUT2D eigenvalue weighted by atomic mass is 10.1. The third-order valence-corrected chi connectivity index (χ3v) is 4.96. The van der Waals surface area contributed by atoms with Crippen molar-refractivity contribution in [1.29, 1.82) is 0 Å². The van der Waals surface area contributed by atoms with Gasteiger partial charge in [-0.2, -0.15) is 0 Å². The lowest BCUT2D eigenvalue weighted by Gasteiger charge is -2.06. The predicted molar refractivity (Wildman–Crippen MR) is 103 cm³/mol. The zero-order valence-corrected chi connectivity index (χ0v) is 14.5. The van der Waals surface area contributed by atoms with Crippen molar-refractivity contribution >= 4 is 16.5 Å². The monoisotopic (exact) mass is 346 g/mol. The van der Waals surface area contributed by atoms with E-state index in [0.717, 1.165) is 18.2 Å². The number of anilines is 1. The van der Waals surface area contributed by atoms with E-state index in [-0.39, 0.29) is 0 Å². The number of aromatic nitrogens is 3. The molecule has 0 unspecified atom stereocenters. The van der Waals surface area contributed by atoms with Crippen molar-refractivity contribution in [3.05, 3.63) is 90.6 Å². The molecule has 0 saturated heterocycles. The summed E-state index contributed by atoms with van der Waals surface area (Å²) in [6.07, 6.45) is 7.54. The highest BCUT2D eigenvalue weighted by atomic mass is 32.1. The molecule has 4 rings (SSSR count). The minimum absolute atomic E-state index is 0.771. The molecule has 25 heavy (non-hydrogen) atoms. The number of hydrogen-bond acceptors (Lipinski definition) is 4. The predicted octanol–water partition coefficient (Wildman–Crippen LogP) is 4.67. The van der Waals surface area contributed by atoms with Crippen LogP contribution in [0.25, 0.3) is 10.4 Å². The van der Waals surface area contributed by atoms with Gasteiger partial charge in [0.15, 0.2) is 5.13 Å². The summed E-state index contributed by atoms with van der Waals surface area (Å²) < 4.78 is 2.06. The molecule has 0 fully saturated rings. The Balaban J connectivity index is 1.36. The number of rotatable bonds is 6. The fourth-order valence-corrected chi connectivity index (χ4v) is 3.44. The number of nitrogens with zero attached hydrogens (tertiary/aromatic N) is 3. The molecule has 124 valence electrons. The Labute approximate surface area is 150 Å². The van der Waals surface area contributed by atoms with Crippen LogP contribution in [0, 0.1) is 0 Å². The van der Waals surface area contributed by atoms with Crippen molar-refractivity contribution in [2.45, 2.75) is 13.1 Å². The van der Waals surface area contributed by atoms with Crippen LogP contribution in [0.4, 0.5) is 5.13 Å². The van der Waals surface area contributed by atoms with E-state index in [1.165, 1.54) is 21.6 Å². The van der Waals surface area contributed by atoms with Crippen LogP contribution in [0.15, 0.2) is 79.5 Å². The number of nitrogens with one attached hydrogen (secondary N) is 1. The molecular formula is C20H18N4S. The first-order valence-electron chi connectivity index (χ1n) is 8.15. The molecular weight excluding hydrogens is 328 g/mol. The molecule has 0 bridgehead atoms. The number of imidazole rings is 1. The quantitative estimate of drug-likeness (QED) is 0.552. The van der Waals surface area contributed by atoms with Crippen LogP contribution in [0.3, 0.4) is 0 Å². The second-order valence-corrected chi connectivity index (χ2v) is 6.83. The first-order chi connectivity index (χ1) is 12.4. The average Bonchev–Trinajstić information content (AvgIpc) is 3.34. The zero-order chi connectivity index (χ0) is 16.9. The van der Waals surface area contributed by atoms with Gasteiger partial charge in [0.1, 0.15) is 0 Å². The fourth-order valence-electron chi connectivity index (χ4n) is 2.62. The van der Waals surface area contributed by atoms with Crippen molar-refractivity contribution in [3.8, 4) is 10.4 Å². The Morgan fingerprint density at radius 3 is 2.52 bits per heavy atom. The van der Waals surface area contributed by atoms with Gasteiger partial charge < -0.3 is 9.88 Å². The molecule has 0 saturated carbocycles. The molecule has 5 heteroatoms. The molecule has 0 atom stereocenters. The number of benzene rings is 2. The highest BCUT2D eigenvalue weighted by Crippen LogP contribution is 2.28. The summed E-state index contributed by atoms with van der Waals surface area (Å²) in [7, 11) is 0. The Morgan fingerprint density at radius 1 is 0.960 bits per heavy atom. The van der Waals surface area contributed by atoms with Crippen molar-refractivity contribution < 1.29 is 0 Å². The summed E-state index contributed by atoms with van der Waals surface area (Å²) in [6, 6.07) is 19.0. The van der Waals surface area contributed by atoms with Crippen LogP contribution in [-0.4, -0.2) is 14.5 Å². The molecule has 0 aliphatic heterocycles. The minimum Gasteiger partial charge on any atom is -0.357 e. The van der Waals surface area contributed by atoms with Crippen LogP contribution in [0.1, 0.15) is 11.1 Å². The summed E-state index contributed by atoms with van der Waals surface area (Å²) in [6.45, 7) is 1.62. The maximum atomic E-state index is 4.47. The molecule has 0 spiro atoms. The second-order valence-electron chi connectivity index (χ2n) is 5.80. The maximum absolute atomic E-state index is 4.47. The largest absolute Gasteiger partial charge is 0.357 e. The van der Waals surface area contributed by atoms with Gasteiger partial charge in [0.2, 0.25) is 0 Å². The zero-order valence-electron chi connectivity index (χ0n) is 13.7. The summed E-state index contributed by atoms with van der Waals surface area (Å²) in [5.41, 5.74) is 3.71. The van der Waals surface area contributed by atoms with Gasteiger partial charge in [-0.15, -0.1) is 0 Å². The van der Waals surface area contributed by atoms with Gasteiger partial charge in [-0.1, -0.05) is 65.9 Å². The van der Waals surface area contributed by atoms with Gasteiger partial charge >= 0.3 is 0 Å². The van der Waals surface area contributed by atoms with Gasteiger partial charge in [0.25, 0.3) is 0 Å². The first-order valence-corrected chi connectivity index (χ1v) is 8.97. The molecule has 0 radical (unpaired) electrons. The minimum atomic E-state index is 0.771. The van der Waals surface area contributed by atoms with Crippen molar-refractivity contribution in [2.24, 2.45) is 0 Å². The van der Waals surface area contributed by atoms with E-state index in [1.54, 1.807) is 17.5 Å². The molecule has 1 N–H and O–H groups in total. The summed E-state index contributed by atoms with van der Waals surface area (Å²) in [5.74, 6) is 0. The number of hydrogen-bond donors (Lipinski definition) is 1. The van der Waals surface area contributed by atoms with Crippen LogP contribution >= 0.6 is 11.3 Å². The molecule has 0 aliphatic carbocycles. The Kier molecular flexibility index (Phi) is 4.57. The van der Waals surface area contributed by atoms with Gasteiger partial charge in [0, 0.05) is 31.7 Å². The lowest BCUT2D eigenvalue weighted by Crippen LogP contribution is -2.00. The molecule has 0 aliphatic rings. The van der Waals surface area contributed by atoms with E-state index in [4.69, 9.17) is 0 Å². The smallest absolute Gasteiger partial charge is 0.183 e. The topological polar surface area (TPSA) is 42.7 Å². The molecule has 4 aromatic rings. The van der Waals surface area contributed by atoms with E-state index in [1.807, 2.05) is 36.9 Å². The van der Waals surface area contributed by atoms with Crippen molar-refractivity contribution in [3.63, 3.8) is 0 Å². The summed E-state index contributed by atoms with van der Waals surface area (Å²) >= 11 is 1.68. The molecule has 2 heterocycles. The Morgan fingerprint density at radius 2 is 1.76 bits per heavy atom.